The van der Waals surface area contributed by atoms with E-state index in [1.807, 2.05) is 0 Å². The van der Waals surface area contributed by atoms with Crippen LogP contribution in [0.4, 0.5) is 0 Å². The molecule has 4 heteroatoms. The predicted molar refractivity (Wildman–Crippen MR) is 50.6 cm³/mol. The molecule has 73 valence electrons. The highest BCUT2D eigenvalue weighted by atomic mass is 28.2. The molecule has 1 unspecified atom stereocenters. The van der Waals surface area contributed by atoms with Gasteiger partial charge in [0.2, 0.25) is 0 Å². The highest BCUT2D eigenvalue weighted by molar-refractivity contribution is 6.27. The molecule has 0 aromatic rings. The molecular weight excluding hydrogens is 172 g/mol. The predicted octanol–water partition coefficient (Wildman–Crippen LogP) is 1.19. The second-order valence-corrected chi connectivity index (χ2v) is 3.75. The van der Waals surface area contributed by atoms with Crippen molar-refractivity contribution >= 4 is 9.76 Å². The standard InChI is InChI=1S/C8H19O3Si/c1-4-5-6-12-11-8(10-3)7-9-2/h8,12H,4-7H2,1-3H3. The number of unbranched alkanes of at least 4 members (excludes halogenated alkanes) is 1. The molecule has 0 aliphatic rings. The van der Waals surface area contributed by atoms with E-state index in [0.717, 1.165) is 0 Å². The fourth-order valence-corrected chi connectivity index (χ4v) is 1.88. The first-order valence-electron chi connectivity index (χ1n) is 4.34. The van der Waals surface area contributed by atoms with Crippen LogP contribution < -0.4 is 0 Å². The van der Waals surface area contributed by atoms with Crippen LogP contribution >= 0.6 is 0 Å². The van der Waals surface area contributed by atoms with Crippen LogP contribution in [-0.4, -0.2) is 36.9 Å². The Morgan fingerprint density at radius 2 is 2.08 bits per heavy atom. The van der Waals surface area contributed by atoms with E-state index in [1.165, 1.54) is 18.9 Å². The molecule has 0 saturated heterocycles. The molecule has 0 heterocycles. The molecule has 0 amide bonds. The van der Waals surface area contributed by atoms with Crippen molar-refractivity contribution in [3.8, 4) is 0 Å². The van der Waals surface area contributed by atoms with Gasteiger partial charge in [-0.2, -0.15) is 0 Å². The molecule has 0 aromatic carbocycles. The van der Waals surface area contributed by atoms with Crippen LogP contribution in [0.1, 0.15) is 19.8 Å². The second-order valence-electron chi connectivity index (χ2n) is 2.57. The Labute approximate surface area is 77.3 Å². The van der Waals surface area contributed by atoms with Crippen LogP contribution in [0.15, 0.2) is 0 Å². The molecule has 0 fully saturated rings. The normalized spacial score (nSPS) is 13.2. The first-order chi connectivity index (χ1) is 5.85. The molecule has 0 saturated carbocycles. The molecule has 3 nitrogen and oxygen atoms in total. The largest absolute Gasteiger partial charge is 0.395 e. The minimum Gasteiger partial charge on any atom is -0.395 e. The van der Waals surface area contributed by atoms with Crippen LogP contribution in [0.2, 0.25) is 6.04 Å². The van der Waals surface area contributed by atoms with E-state index in [0.29, 0.717) is 6.61 Å². The van der Waals surface area contributed by atoms with Crippen LogP contribution in [0.25, 0.3) is 0 Å². The lowest BCUT2D eigenvalue weighted by Crippen LogP contribution is -2.22. The highest BCUT2D eigenvalue weighted by Crippen LogP contribution is 1.98. The Morgan fingerprint density at radius 3 is 2.58 bits per heavy atom. The Kier molecular flexibility index (Phi) is 9.26. The van der Waals surface area contributed by atoms with Gasteiger partial charge in [-0.05, 0) is 6.04 Å². The number of methoxy groups -OCH3 is 2. The number of hydrogen-bond donors (Lipinski definition) is 0. The smallest absolute Gasteiger partial charge is 0.196 e. The summed E-state index contributed by atoms with van der Waals surface area (Å²) in [7, 11) is 3.37. The van der Waals surface area contributed by atoms with Gasteiger partial charge in [0, 0.05) is 14.2 Å². The van der Waals surface area contributed by atoms with Gasteiger partial charge in [0.25, 0.3) is 0 Å². The monoisotopic (exact) mass is 191 g/mol. The molecule has 0 N–H and O–H groups in total. The minimum absolute atomic E-state index is 0.0738. The molecule has 0 spiro atoms. The van der Waals surface area contributed by atoms with Crippen molar-refractivity contribution in [2.75, 3.05) is 20.8 Å². The van der Waals surface area contributed by atoms with E-state index in [9.17, 15) is 0 Å². The third-order valence-corrected chi connectivity index (χ3v) is 2.63. The maximum absolute atomic E-state index is 5.47. The fraction of sp³-hybridized carbons (Fsp3) is 1.00. The van der Waals surface area contributed by atoms with Gasteiger partial charge < -0.3 is 13.9 Å². The number of hydrogen-bond acceptors (Lipinski definition) is 3. The van der Waals surface area contributed by atoms with Gasteiger partial charge in [-0.25, -0.2) is 0 Å². The maximum Gasteiger partial charge on any atom is 0.196 e. The molecule has 0 aliphatic carbocycles. The van der Waals surface area contributed by atoms with Gasteiger partial charge in [-0.3, -0.25) is 0 Å². The summed E-state index contributed by atoms with van der Waals surface area (Å²) in [5, 5.41) is 0. The van der Waals surface area contributed by atoms with Gasteiger partial charge in [0.15, 0.2) is 16.1 Å². The average Bonchev–Trinajstić information content (AvgIpc) is 2.10. The highest BCUT2D eigenvalue weighted by Gasteiger charge is 2.05. The van der Waals surface area contributed by atoms with Crippen molar-refractivity contribution < 1.29 is 13.9 Å². The maximum atomic E-state index is 5.47. The van der Waals surface area contributed by atoms with E-state index in [1.54, 1.807) is 14.2 Å². The molecular formula is C8H19O3Si. The van der Waals surface area contributed by atoms with Crippen molar-refractivity contribution in [3.63, 3.8) is 0 Å². The number of rotatable bonds is 8. The zero-order valence-electron chi connectivity index (χ0n) is 8.21. The molecule has 0 rings (SSSR count). The summed E-state index contributed by atoms with van der Waals surface area (Å²) in [5.41, 5.74) is 0. The minimum atomic E-state index is -0.165. The summed E-state index contributed by atoms with van der Waals surface area (Å²) in [5.74, 6) is 0. The van der Waals surface area contributed by atoms with Crippen LogP contribution in [0, 0.1) is 0 Å². The zero-order chi connectivity index (χ0) is 9.23. The summed E-state index contributed by atoms with van der Waals surface area (Å²) < 4.78 is 15.4. The molecule has 0 aromatic heterocycles. The third kappa shape index (κ3) is 6.79. The molecule has 12 heavy (non-hydrogen) atoms. The van der Waals surface area contributed by atoms with Crippen molar-refractivity contribution in [1.29, 1.82) is 0 Å². The second kappa shape index (κ2) is 9.19. The Hall–Kier alpha value is 0.0969. The van der Waals surface area contributed by atoms with E-state index in [2.05, 4.69) is 6.92 Å². The van der Waals surface area contributed by atoms with E-state index < -0.39 is 0 Å². The first-order valence-corrected chi connectivity index (χ1v) is 5.62. The lowest BCUT2D eigenvalue weighted by molar-refractivity contribution is -0.0928. The summed E-state index contributed by atoms with van der Waals surface area (Å²) >= 11 is 0. The van der Waals surface area contributed by atoms with Crippen molar-refractivity contribution in [3.05, 3.63) is 0 Å². The first kappa shape index (κ1) is 12.1. The van der Waals surface area contributed by atoms with E-state index in [-0.39, 0.29) is 16.1 Å². The van der Waals surface area contributed by atoms with E-state index in [4.69, 9.17) is 13.9 Å². The third-order valence-electron chi connectivity index (χ3n) is 1.49. The Balaban J connectivity index is 3.19. The summed E-state index contributed by atoms with van der Waals surface area (Å²) in [6.45, 7) is 2.71. The van der Waals surface area contributed by atoms with Crippen molar-refractivity contribution in [2.45, 2.75) is 32.1 Å². The van der Waals surface area contributed by atoms with Crippen molar-refractivity contribution in [1.82, 2.24) is 0 Å². The Morgan fingerprint density at radius 1 is 1.33 bits per heavy atom. The number of ether oxygens (including phenoxy) is 2. The van der Waals surface area contributed by atoms with Crippen LogP contribution in [-0.2, 0) is 13.9 Å². The van der Waals surface area contributed by atoms with Gasteiger partial charge >= 0.3 is 0 Å². The Bertz CT molecular complexity index is 90.4. The summed E-state index contributed by atoms with van der Waals surface area (Å²) in [6, 6.07) is 1.18. The fourth-order valence-electron chi connectivity index (χ4n) is 0.762. The van der Waals surface area contributed by atoms with E-state index >= 15 is 0 Å². The van der Waals surface area contributed by atoms with Crippen LogP contribution in [0.5, 0.6) is 0 Å². The molecule has 0 bridgehead atoms. The van der Waals surface area contributed by atoms with Crippen LogP contribution in [0.3, 0.4) is 0 Å². The molecule has 1 atom stereocenters. The topological polar surface area (TPSA) is 27.7 Å². The summed E-state index contributed by atoms with van der Waals surface area (Å²) in [4.78, 5) is 0. The quantitative estimate of drug-likeness (QED) is 0.328. The average molecular weight is 191 g/mol. The lowest BCUT2D eigenvalue weighted by atomic mass is 10.4. The van der Waals surface area contributed by atoms with Gasteiger partial charge in [-0.1, -0.05) is 19.8 Å². The molecule has 1 radical (unpaired) electrons. The summed E-state index contributed by atoms with van der Waals surface area (Å²) in [6.07, 6.45) is 2.32. The van der Waals surface area contributed by atoms with Gasteiger partial charge in [0.1, 0.15) is 0 Å². The SMILES string of the molecule is CCCC[SiH]OC(COC)OC. The van der Waals surface area contributed by atoms with Gasteiger partial charge in [-0.15, -0.1) is 0 Å². The van der Waals surface area contributed by atoms with Gasteiger partial charge in [0.05, 0.1) is 6.61 Å². The lowest BCUT2D eigenvalue weighted by Gasteiger charge is -2.14. The molecule has 0 aliphatic heterocycles. The zero-order valence-corrected chi connectivity index (χ0v) is 9.36. The van der Waals surface area contributed by atoms with Crippen molar-refractivity contribution in [2.24, 2.45) is 0 Å².